The molecule has 0 saturated heterocycles. The van der Waals surface area contributed by atoms with Crippen LogP contribution >= 0.6 is 0 Å². The minimum atomic E-state index is 0.592. The molecule has 1 heterocycles. The van der Waals surface area contributed by atoms with Gasteiger partial charge in [0, 0.05) is 18.3 Å². The number of unbranched alkanes of at least 4 members (excludes halogenated alkanes) is 2. The molecule has 0 aliphatic carbocycles. The summed E-state index contributed by atoms with van der Waals surface area (Å²) in [6.07, 6.45) is 5.23. The van der Waals surface area contributed by atoms with Gasteiger partial charge in [0.1, 0.15) is 0 Å². The molecule has 2 heteroatoms. The van der Waals surface area contributed by atoms with Gasteiger partial charge in [-0.2, -0.15) is 0 Å². The van der Waals surface area contributed by atoms with Gasteiger partial charge >= 0.3 is 0 Å². The lowest BCUT2D eigenvalue weighted by molar-refractivity contribution is 0.484. The van der Waals surface area contributed by atoms with Gasteiger partial charge in [-0.25, -0.2) is 0 Å². The highest BCUT2D eigenvalue weighted by atomic mass is 14.9. The summed E-state index contributed by atoms with van der Waals surface area (Å²) in [4.78, 5) is 4.48. The Morgan fingerprint density at radius 2 is 2.12 bits per heavy atom. The van der Waals surface area contributed by atoms with E-state index in [1.807, 2.05) is 13.0 Å². The smallest absolute Gasteiger partial charge is 0.0544 e. The third kappa shape index (κ3) is 5.26. The summed E-state index contributed by atoms with van der Waals surface area (Å²) < 4.78 is 0. The van der Waals surface area contributed by atoms with Crippen molar-refractivity contribution in [1.82, 2.24) is 10.3 Å². The highest BCUT2D eigenvalue weighted by Gasteiger charge is 2.01. The van der Waals surface area contributed by atoms with Crippen molar-refractivity contribution in [3.8, 4) is 0 Å². The molecule has 0 bridgehead atoms. The summed E-state index contributed by atoms with van der Waals surface area (Å²) in [7, 11) is 0. The van der Waals surface area contributed by atoms with Gasteiger partial charge in [-0.3, -0.25) is 4.98 Å². The van der Waals surface area contributed by atoms with E-state index in [4.69, 9.17) is 0 Å². The largest absolute Gasteiger partial charge is 0.309 e. The van der Waals surface area contributed by atoms with Crippen molar-refractivity contribution in [2.24, 2.45) is 0 Å². The molecule has 16 heavy (non-hydrogen) atoms. The predicted octanol–water partition coefficient (Wildman–Crippen LogP) is 3.45. The third-order valence-electron chi connectivity index (χ3n) is 2.82. The monoisotopic (exact) mass is 220 g/mol. The standard InChI is InChI=1S/C14H24N2/c1-4-5-6-8-12(2)15-11-14-10-7-9-13(3)16-14/h7,9-10,12,15H,4-6,8,11H2,1-3H3. The molecule has 90 valence electrons. The van der Waals surface area contributed by atoms with Crippen LogP contribution < -0.4 is 5.32 Å². The Hall–Kier alpha value is -0.890. The van der Waals surface area contributed by atoms with E-state index >= 15 is 0 Å². The van der Waals surface area contributed by atoms with Gasteiger partial charge in [0.05, 0.1) is 5.69 Å². The molecule has 0 aliphatic rings. The molecular formula is C14H24N2. The lowest BCUT2D eigenvalue weighted by Gasteiger charge is -2.13. The molecular weight excluding hydrogens is 196 g/mol. The fraction of sp³-hybridized carbons (Fsp3) is 0.643. The summed E-state index contributed by atoms with van der Waals surface area (Å²) in [5, 5.41) is 3.52. The highest BCUT2D eigenvalue weighted by molar-refractivity contribution is 5.09. The molecule has 2 nitrogen and oxygen atoms in total. The van der Waals surface area contributed by atoms with E-state index in [-0.39, 0.29) is 0 Å². The number of aryl methyl sites for hydroxylation is 1. The van der Waals surface area contributed by atoms with Gasteiger partial charge in [-0.1, -0.05) is 32.3 Å². The Balaban J connectivity index is 2.23. The molecule has 1 aromatic rings. The number of hydrogen-bond donors (Lipinski definition) is 1. The minimum absolute atomic E-state index is 0.592. The number of aromatic nitrogens is 1. The lowest BCUT2D eigenvalue weighted by atomic mass is 10.1. The summed E-state index contributed by atoms with van der Waals surface area (Å²) >= 11 is 0. The van der Waals surface area contributed by atoms with Crippen molar-refractivity contribution in [2.45, 2.75) is 59.0 Å². The van der Waals surface area contributed by atoms with Crippen LogP contribution in [0.15, 0.2) is 18.2 Å². The van der Waals surface area contributed by atoms with Crippen LogP contribution in [-0.4, -0.2) is 11.0 Å². The molecule has 0 saturated carbocycles. The van der Waals surface area contributed by atoms with E-state index in [0.29, 0.717) is 6.04 Å². The first-order chi connectivity index (χ1) is 7.72. The van der Waals surface area contributed by atoms with Gasteiger partial charge in [0.15, 0.2) is 0 Å². The van der Waals surface area contributed by atoms with Crippen LogP contribution in [0.3, 0.4) is 0 Å². The minimum Gasteiger partial charge on any atom is -0.309 e. The fourth-order valence-corrected chi connectivity index (χ4v) is 1.78. The van der Waals surface area contributed by atoms with Gasteiger partial charge in [-0.15, -0.1) is 0 Å². The SMILES string of the molecule is CCCCCC(C)NCc1cccc(C)n1. The number of nitrogens with one attached hydrogen (secondary N) is 1. The number of pyridine rings is 1. The van der Waals surface area contributed by atoms with Crippen molar-refractivity contribution in [1.29, 1.82) is 0 Å². The Bertz CT molecular complexity index is 297. The topological polar surface area (TPSA) is 24.9 Å². The maximum atomic E-state index is 4.48. The van der Waals surface area contributed by atoms with Crippen LogP contribution in [0, 0.1) is 6.92 Å². The number of hydrogen-bond acceptors (Lipinski definition) is 2. The molecule has 0 radical (unpaired) electrons. The summed E-state index contributed by atoms with van der Waals surface area (Å²) in [5.74, 6) is 0. The average molecular weight is 220 g/mol. The molecule has 0 fully saturated rings. The van der Waals surface area contributed by atoms with Crippen molar-refractivity contribution >= 4 is 0 Å². The normalized spacial score (nSPS) is 12.7. The highest BCUT2D eigenvalue weighted by Crippen LogP contribution is 2.04. The first kappa shape index (κ1) is 13.2. The molecule has 0 amide bonds. The van der Waals surface area contributed by atoms with Crippen LogP contribution in [0.25, 0.3) is 0 Å². The lowest BCUT2D eigenvalue weighted by Crippen LogP contribution is -2.25. The second-order valence-corrected chi connectivity index (χ2v) is 4.55. The van der Waals surface area contributed by atoms with Crippen LogP contribution in [0.2, 0.25) is 0 Å². The van der Waals surface area contributed by atoms with Crippen molar-refractivity contribution in [3.63, 3.8) is 0 Å². The van der Waals surface area contributed by atoms with E-state index < -0.39 is 0 Å². The molecule has 1 atom stereocenters. The van der Waals surface area contributed by atoms with Gasteiger partial charge in [0.25, 0.3) is 0 Å². The van der Waals surface area contributed by atoms with Crippen LogP contribution in [-0.2, 0) is 6.54 Å². The van der Waals surface area contributed by atoms with E-state index in [1.54, 1.807) is 0 Å². The third-order valence-corrected chi connectivity index (χ3v) is 2.82. The fourth-order valence-electron chi connectivity index (χ4n) is 1.78. The summed E-state index contributed by atoms with van der Waals surface area (Å²) in [6, 6.07) is 6.78. The molecule has 1 aromatic heterocycles. The molecule has 1 rings (SSSR count). The second kappa shape index (κ2) is 7.39. The quantitative estimate of drug-likeness (QED) is 0.712. The zero-order chi connectivity index (χ0) is 11.8. The average Bonchev–Trinajstić information content (AvgIpc) is 2.27. The molecule has 0 aliphatic heterocycles. The maximum Gasteiger partial charge on any atom is 0.0544 e. The zero-order valence-electron chi connectivity index (χ0n) is 10.8. The maximum absolute atomic E-state index is 4.48. The second-order valence-electron chi connectivity index (χ2n) is 4.55. The molecule has 0 spiro atoms. The van der Waals surface area contributed by atoms with Crippen LogP contribution in [0.4, 0.5) is 0 Å². The van der Waals surface area contributed by atoms with E-state index in [9.17, 15) is 0 Å². The first-order valence-corrected chi connectivity index (χ1v) is 6.38. The summed E-state index contributed by atoms with van der Waals surface area (Å²) in [6.45, 7) is 7.42. The van der Waals surface area contributed by atoms with Gasteiger partial charge < -0.3 is 5.32 Å². The molecule has 1 N–H and O–H groups in total. The van der Waals surface area contributed by atoms with Gasteiger partial charge in [0.2, 0.25) is 0 Å². The van der Waals surface area contributed by atoms with E-state index in [0.717, 1.165) is 17.9 Å². The first-order valence-electron chi connectivity index (χ1n) is 6.38. The zero-order valence-corrected chi connectivity index (χ0v) is 10.8. The van der Waals surface area contributed by atoms with Crippen molar-refractivity contribution in [2.75, 3.05) is 0 Å². The van der Waals surface area contributed by atoms with Crippen LogP contribution in [0.1, 0.15) is 50.9 Å². The van der Waals surface area contributed by atoms with Crippen LogP contribution in [0.5, 0.6) is 0 Å². The van der Waals surface area contributed by atoms with Crippen molar-refractivity contribution in [3.05, 3.63) is 29.6 Å². The Morgan fingerprint density at radius 3 is 2.81 bits per heavy atom. The number of rotatable bonds is 7. The number of nitrogens with zero attached hydrogens (tertiary/aromatic N) is 1. The molecule has 1 unspecified atom stereocenters. The Morgan fingerprint density at radius 1 is 1.31 bits per heavy atom. The van der Waals surface area contributed by atoms with Crippen molar-refractivity contribution < 1.29 is 0 Å². The van der Waals surface area contributed by atoms with E-state index in [2.05, 4.69) is 36.3 Å². The molecule has 0 aromatic carbocycles. The predicted molar refractivity (Wildman–Crippen MR) is 69.4 cm³/mol. The van der Waals surface area contributed by atoms with E-state index in [1.165, 1.54) is 25.7 Å². The van der Waals surface area contributed by atoms with Gasteiger partial charge in [-0.05, 0) is 32.4 Å². The summed E-state index contributed by atoms with van der Waals surface area (Å²) in [5.41, 5.74) is 2.24. The Labute approximate surface area is 99.5 Å². The Kier molecular flexibility index (Phi) is 6.09.